The lowest BCUT2D eigenvalue weighted by atomic mass is 10.1. The average Bonchev–Trinajstić information content (AvgIpc) is 2.78. The normalized spacial score (nSPS) is 12.9. The van der Waals surface area contributed by atoms with Crippen molar-refractivity contribution in [2.45, 2.75) is 22.4 Å². The summed E-state index contributed by atoms with van der Waals surface area (Å²) in [5, 5.41) is 9.60. The van der Waals surface area contributed by atoms with Crippen LogP contribution in [0.15, 0.2) is 82.6 Å². The van der Waals surface area contributed by atoms with Crippen molar-refractivity contribution in [2.24, 2.45) is 0 Å². The fourth-order valence-electron chi connectivity index (χ4n) is 3.11. The number of carbonyl (C=O) groups is 1. The molecule has 1 atom stereocenters. The van der Waals surface area contributed by atoms with Gasteiger partial charge in [0.05, 0.1) is 9.79 Å². The Hall–Kier alpha value is -3.28. The molecule has 0 saturated heterocycles. The molecule has 1 N–H and O–H groups in total. The van der Waals surface area contributed by atoms with E-state index < -0.39 is 37.8 Å². The summed E-state index contributed by atoms with van der Waals surface area (Å²) in [4.78, 5) is 11.7. The van der Waals surface area contributed by atoms with Crippen molar-refractivity contribution in [3.8, 4) is 5.75 Å². The predicted octanol–water partition coefficient (Wildman–Crippen LogP) is 3.25. The Morgan fingerprint density at radius 3 is 2.15 bits per heavy atom. The molecule has 0 aromatic heterocycles. The highest BCUT2D eigenvalue weighted by Gasteiger charge is 2.24. The van der Waals surface area contributed by atoms with Gasteiger partial charge in [-0.1, -0.05) is 24.3 Å². The summed E-state index contributed by atoms with van der Waals surface area (Å²) in [5.74, 6) is -1.65. The van der Waals surface area contributed by atoms with E-state index in [9.17, 15) is 31.1 Å². The monoisotopic (exact) mass is 507 g/mol. The first kappa shape index (κ1) is 25.3. The first-order valence-corrected chi connectivity index (χ1v) is 13.2. The molecular weight excluding hydrogens is 485 g/mol. The van der Waals surface area contributed by atoms with Gasteiger partial charge >= 0.3 is 5.97 Å². The predicted molar refractivity (Wildman–Crippen MR) is 122 cm³/mol. The molecule has 0 aliphatic heterocycles. The van der Waals surface area contributed by atoms with Crippen LogP contribution in [0.3, 0.4) is 0 Å². The van der Waals surface area contributed by atoms with Gasteiger partial charge in [-0.15, -0.1) is 0 Å². The van der Waals surface area contributed by atoms with Crippen molar-refractivity contribution in [3.05, 3.63) is 89.7 Å². The van der Waals surface area contributed by atoms with Gasteiger partial charge in [0.15, 0.2) is 9.84 Å². The number of nitrogens with zero attached hydrogens (tertiary/aromatic N) is 1. The minimum atomic E-state index is -3.84. The first-order chi connectivity index (χ1) is 15.9. The minimum absolute atomic E-state index is 0.0127. The molecule has 0 aliphatic rings. The highest BCUT2D eigenvalue weighted by atomic mass is 32.2. The molecule has 0 aliphatic carbocycles. The van der Waals surface area contributed by atoms with Crippen LogP contribution in [-0.4, -0.2) is 45.5 Å². The summed E-state index contributed by atoms with van der Waals surface area (Å²) in [7, 11) is -5.98. The fraction of sp³-hybridized carbons (Fsp3) is 0.174. The summed E-state index contributed by atoms with van der Waals surface area (Å²) < 4.78 is 68.7. The molecule has 0 spiro atoms. The second kappa shape index (κ2) is 9.92. The number of hydrogen-bond donors (Lipinski definition) is 1. The van der Waals surface area contributed by atoms with Crippen LogP contribution in [0.5, 0.6) is 5.75 Å². The van der Waals surface area contributed by atoms with Crippen LogP contribution in [-0.2, 0) is 31.2 Å². The van der Waals surface area contributed by atoms with Gasteiger partial charge in [-0.3, -0.25) is 0 Å². The van der Waals surface area contributed by atoms with Crippen LogP contribution in [0.2, 0.25) is 0 Å². The van der Waals surface area contributed by atoms with Gasteiger partial charge in [-0.05, 0) is 54.1 Å². The molecule has 0 saturated carbocycles. The third-order valence-electron chi connectivity index (χ3n) is 4.92. The molecule has 0 amide bonds. The molecule has 34 heavy (non-hydrogen) atoms. The zero-order valence-electron chi connectivity index (χ0n) is 18.3. The van der Waals surface area contributed by atoms with Gasteiger partial charge in [-0.25, -0.2) is 26.0 Å². The Labute approximate surface area is 197 Å². The second-order valence-corrected chi connectivity index (χ2v) is 11.6. The lowest BCUT2D eigenvalue weighted by Crippen LogP contribution is -2.26. The van der Waals surface area contributed by atoms with Crippen LogP contribution in [0.4, 0.5) is 4.39 Å². The van der Waals surface area contributed by atoms with Crippen LogP contribution >= 0.6 is 0 Å². The van der Waals surface area contributed by atoms with Gasteiger partial charge in [0.2, 0.25) is 16.1 Å². The first-order valence-electron chi connectivity index (χ1n) is 9.88. The summed E-state index contributed by atoms with van der Waals surface area (Å²) in [5.41, 5.74) is 0.760. The van der Waals surface area contributed by atoms with Crippen LogP contribution in [0.25, 0.3) is 0 Å². The molecule has 3 aromatic rings. The van der Waals surface area contributed by atoms with Crippen molar-refractivity contribution in [2.75, 3.05) is 13.3 Å². The maximum atomic E-state index is 13.1. The number of sulfonamides is 1. The number of rotatable bonds is 9. The van der Waals surface area contributed by atoms with E-state index in [-0.39, 0.29) is 27.6 Å². The van der Waals surface area contributed by atoms with Crippen LogP contribution in [0, 0.1) is 5.82 Å². The second-order valence-electron chi connectivity index (χ2n) is 7.54. The van der Waals surface area contributed by atoms with Gasteiger partial charge < -0.3 is 9.84 Å². The summed E-state index contributed by atoms with van der Waals surface area (Å²) >= 11 is 0. The van der Waals surface area contributed by atoms with Gasteiger partial charge in [0, 0.05) is 25.4 Å². The number of carboxylic acids is 1. The molecule has 8 nitrogen and oxygen atoms in total. The molecule has 1 unspecified atom stereocenters. The minimum Gasteiger partial charge on any atom is -0.478 e. The highest BCUT2D eigenvalue weighted by molar-refractivity contribution is 7.90. The number of carboxylic acid groups (broad SMARTS) is 1. The van der Waals surface area contributed by atoms with E-state index in [1.54, 1.807) is 12.1 Å². The number of sulfone groups is 1. The van der Waals surface area contributed by atoms with Crippen LogP contribution in [0.1, 0.15) is 17.2 Å². The summed E-state index contributed by atoms with van der Waals surface area (Å²) in [6.45, 7) is 0.0127. The topological polar surface area (TPSA) is 118 Å². The van der Waals surface area contributed by atoms with E-state index in [0.29, 0.717) is 5.56 Å². The lowest BCUT2D eigenvalue weighted by molar-refractivity contribution is -0.145. The molecule has 3 rings (SSSR count). The molecule has 0 bridgehead atoms. The van der Waals surface area contributed by atoms with E-state index >= 15 is 0 Å². The number of ether oxygens (including phenoxy) is 1. The molecular formula is C23H22FNO7S2. The number of benzene rings is 3. The van der Waals surface area contributed by atoms with Crippen molar-refractivity contribution in [1.29, 1.82) is 0 Å². The third-order valence-corrected chi connectivity index (χ3v) is 7.85. The third kappa shape index (κ3) is 5.99. The molecule has 0 heterocycles. The smallest absolute Gasteiger partial charge is 0.349 e. The standard InChI is InChI=1S/C23H22FNO7S2/c1-25(34(30,31)20-12-8-18(24)9-13-20)15-16-6-10-19(11-7-16)32-22(23(26)27)17-4-3-5-21(14-17)33(2,28)29/h3-14,22H,15H2,1-2H3,(H,26,27). The number of halogens is 1. The van der Waals surface area contributed by atoms with E-state index in [4.69, 9.17) is 4.74 Å². The molecule has 11 heteroatoms. The quantitative estimate of drug-likeness (QED) is 0.472. The van der Waals surface area contributed by atoms with Gasteiger partial charge in [0.1, 0.15) is 11.6 Å². The SMILES string of the molecule is CN(Cc1ccc(OC(C(=O)O)c2cccc(S(C)(=O)=O)c2)cc1)S(=O)(=O)c1ccc(F)cc1. The average molecular weight is 508 g/mol. The molecule has 180 valence electrons. The summed E-state index contributed by atoms with van der Waals surface area (Å²) in [6.07, 6.45) is -0.427. The number of hydrogen-bond acceptors (Lipinski definition) is 6. The molecule has 0 radical (unpaired) electrons. The largest absolute Gasteiger partial charge is 0.478 e. The van der Waals surface area contributed by atoms with E-state index in [1.807, 2.05) is 0 Å². The van der Waals surface area contributed by atoms with Gasteiger partial charge in [0.25, 0.3) is 0 Å². The Morgan fingerprint density at radius 1 is 0.971 bits per heavy atom. The van der Waals surface area contributed by atoms with Crippen molar-refractivity contribution in [3.63, 3.8) is 0 Å². The van der Waals surface area contributed by atoms with E-state index in [1.165, 1.54) is 55.6 Å². The lowest BCUT2D eigenvalue weighted by Gasteiger charge is -2.18. The molecule has 0 fully saturated rings. The van der Waals surface area contributed by atoms with Crippen LogP contribution < -0.4 is 4.74 Å². The van der Waals surface area contributed by atoms with Crippen molar-refractivity contribution >= 4 is 25.8 Å². The maximum Gasteiger partial charge on any atom is 0.349 e. The molecule has 3 aromatic carbocycles. The number of aliphatic carboxylic acids is 1. The Kier molecular flexibility index (Phi) is 7.39. The maximum absolute atomic E-state index is 13.1. The zero-order valence-corrected chi connectivity index (χ0v) is 19.9. The fourth-order valence-corrected chi connectivity index (χ4v) is 4.94. The zero-order chi connectivity index (χ0) is 25.1. The van der Waals surface area contributed by atoms with E-state index in [0.717, 1.165) is 22.7 Å². The Morgan fingerprint density at radius 2 is 1.59 bits per heavy atom. The highest BCUT2D eigenvalue weighted by Crippen LogP contribution is 2.25. The Balaban J connectivity index is 1.75. The van der Waals surface area contributed by atoms with Gasteiger partial charge in [-0.2, -0.15) is 4.31 Å². The van der Waals surface area contributed by atoms with E-state index in [2.05, 4.69) is 0 Å². The Bertz CT molecular complexity index is 1390. The van der Waals surface area contributed by atoms with Crippen molar-refractivity contribution < 1.29 is 35.9 Å². The summed E-state index contributed by atoms with van der Waals surface area (Å²) in [6, 6.07) is 16.1. The van der Waals surface area contributed by atoms with Crippen molar-refractivity contribution in [1.82, 2.24) is 4.31 Å².